The maximum Gasteiger partial charge on any atom is 0.416 e. The van der Waals surface area contributed by atoms with Crippen molar-refractivity contribution < 1.29 is 18.3 Å². The Morgan fingerprint density at radius 3 is 2.50 bits per heavy atom. The number of aromatic amines is 1. The summed E-state index contributed by atoms with van der Waals surface area (Å²) in [6, 6.07) is 13.6. The summed E-state index contributed by atoms with van der Waals surface area (Å²) in [7, 11) is 0. The number of rotatable bonds is 4. The van der Waals surface area contributed by atoms with Crippen LogP contribution in [0.1, 0.15) is 23.1 Å². The second-order valence-corrected chi connectivity index (χ2v) is 5.06. The Bertz CT molecular complexity index is 817. The van der Waals surface area contributed by atoms with E-state index in [0.717, 1.165) is 17.8 Å². The molecule has 1 aromatic heterocycles. The fourth-order valence-corrected chi connectivity index (χ4v) is 2.15. The van der Waals surface area contributed by atoms with Gasteiger partial charge in [0.25, 0.3) is 0 Å². The van der Waals surface area contributed by atoms with Crippen LogP contribution in [0.3, 0.4) is 0 Å². The van der Waals surface area contributed by atoms with Gasteiger partial charge in [0.2, 0.25) is 5.95 Å². The number of nitrogens with one attached hydrogen (secondary N) is 2. The Hall–Kier alpha value is -2.87. The molecule has 0 bridgehead atoms. The average molecular weight is 334 g/mol. The van der Waals surface area contributed by atoms with Gasteiger partial charge in [-0.25, -0.2) is 0 Å². The highest BCUT2D eigenvalue weighted by Crippen LogP contribution is 2.31. The quantitative estimate of drug-likeness (QED) is 0.681. The van der Waals surface area contributed by atoms with Crippen LogP contribution in [-0.4, -0.2) is 20.3 Å². The number of para-hydroxylation sites is 1. The van der Waals surface area contributed by atoms with Gasteiger partial charge in [-0.2, -0.15) is 18.2 Å². The second kappa shape index (κ2) is 6.32. The minimum atomic E-state index is -4.48. The number of aliphatic hydroxyl groups excluding tert-OH is 1. The van der Waals surface area contributed by atoms with Crippen LogP contribution in [0.25, 0.3) is 0 Å². The molecule has 2 aromatic carbocycles. The van der Waals surface area contributed by atoms with E-state index in [-0.39, 0.29) is 17.3 Å². The van der Waals surface area contributed by atoms with Crippen LogP contribution >= 0.6 is 0 Å². The zero-order valence-electron chi connectivity index (χ0n) is 12.2. The maximum absolute atomic E-state index is 12.8. The van der Waals surface area contributed by atoms with Crippen LogP contribution in [0.5, 0.6) is 0 Å². The van der Waals surface area contributed by atoms with Crippen molar-refractivity contribution in [3.63, 3.8) is 0 Å². The molecule has 124 valence electrons. The average Bonchev–Trinajstić information content (AvgIpc) is 3.03. The number of aliphatic hydroxyl groups is 1. The third kappa shape index (κ3) is 3.54. The van der Waals surface area contributed by atoms with Gasteiger partial charge >= 0.3 is 6.18 Å². The smallest absolute Gasteiger partial charge is 0.380 e. The SMILES string of the molecule is OC(c1cccc(C(F)(F)F)c1)c1nc(Nc2ccccc2)n[nH]1. The normalized spacial score (nSPS) is 12.8. The topological polar surface area (TPSA) is 73.8 Å². The standard InChI is InChI=1S/C16H13F3N4O/c17-16(18,19)11-6-4-5-10(9-11)13(24)14-21-15(23-22-14)20-12-7-2-1-3-8-12/h1-9,13,24H,(H2,20,21,22,23). The van der Waals surface area contributed by atoms with Crippen LogP contribution in [-0.2, 0) is 6.18 Å². The second-order valence-electron chi connectivity index (χ2n) is 5.06. The molecule has 1 heterocycles. The van der Waals surface area contributed by atoms with Crippen molar-refractivity contribution in [1.29, 1.82) is 0 Å². The van der Waals surface area contributed by atoms with Crippen molar-refractivity contribution in [2.75, 3.05) is 5.32 Å². The molecule has 0 fully saturated rings. The number of H-pyrrole nitrogens is 1. The molecule has 0 amide bonds. The van der Waals surface area contributed by atoms with Crippen molar-refractivity contribution in [3.8, 4) is 0 Å². The van der Waals surface area contributed by atoms with Crippen LogP contribution in [0.4, 0.5) is 24.8 Å². The Morgan fingerprint density at radius 2 is 1.79 bits per heavy atom. The van der Waals surface area contributed by atoms with Crippen molar-refractivity contribution in [3.05, 3.63) is 71.5 Å². The Labute approximate surface area is 135 Å². The first kappa shape index (κ1) is 16.0. The molecule has 3 rings (SSSR count). The van der Waals surface area contributed by atoms with E-state index >= 15 is 0 Å². The zero-order chi connectivity index (χ0) is 17.2. The van der Waals surface area contributed by atoms with Crippen LogP contribution in [0.15, 0.2) is 54.6 Å². The van der Waals surface area contributed by atoms with E-state index in [4.69, 9.17) is 0 Å². The summed E-state index contributed by atoms with van der Waals surface area (Å²) >= 11 is 0. The lowest BCUT2D eigenvalue weighted by molar-refractivity contribution is -0.137. The number of aromatic nitrogens is 3. The molecule has 0 aliphatic carbocycles. The van der Waals surface area contributed by atoms with Crippen molar-refractivity contribution >= 4 is 11.6 Å². The predicted molar refractivity (Wildman–Crippen MR) is 81.6 cm³/mol. The van der Waals surface area contributed by atoms with E-state index in [0.29, 0.717) is 0 Å². The number of benzene rings is 2. The van der Waals surface area contributed by atoms with Gasteiger partial charge in [-0.1, -0.05) is 30.3 Å². The molecule has 8 heteroatoms. The monoisotopic (exact) mass is 334 g/mol. The van der Waals surface area contributed by atoms with Crippen molar-refractivity contribution in [2.24, 2.45) is 0 Å². The van der Waals surface area contributed by atoms with Gasteiger partial charge < -0.3 is 10.4 Å². The highest BCUT2D eigenvalue weighted by molar-refractivity contribution is 5.52. The highest BCUT2D eigenvalue weighted by atomic mass is 19.4. The highest BCUT2D eigenvalue weighted by Gasteiger charge is 2.31. The van der Waals surface area contributed by atoms with Crippen LogP contribution in [0.2, 0.25) is 0 Å². The van der Waals surface area contributed by atoms with E-state index in [1.807, 2.05) is 18.2 Å². The van der Waals surface area contributed by atoms with Gasteiger partial charge in [-0.05, 0) is 29.8 Å². The third-order valence-electron chi connectivity index (χ3n) is 3.32. The molecule has 0 aliphatic heterocycles. The van der Waals surface area contributed by atoms with E-state index in [1.165, 1.54) is 12.1 Å². The lowest BCUT2D eigenvalue weighted by Crippen LogP contribution is -2.08. The molecule has 3 aromatic rings. The molecule has 0 aliphatic rings. The molecular formula is C16H13F3N4O. The minimum Gasteiger partial charge on any atom is -0.380 e. The van der Waals surface area contributed by atoms with E-state index in [2.05, 4.69) is 20.5 Å². The predicted octanol–water partition coefficient (Wildman–Crippen LogP) is 3.65. The molecule has 24 heavy (non-hydrogen) atoms. The Balaban J connectivity index is 1.80. The number of anilines is 2. The molecule has 1 unspecified atom stereocenters. The van der Waals surface area contributed by atoms with Gasteiger partial charge in [0.15, 0.2) is 5.82 Å². The lowest BCUT2D eigenvalue weighted by Gasteiger charge is -2.11. The van der Waals surface area contributed by atoms with Gasteiger partial charge in [0.05, 0.1) is 5.56 Å². The van der Waals surface area contributed by atoms with Crippen molar-refractivity contribution in [2.45, 2.75) is 12.3 Å². The lowest BCUT2D eigenvalue weighted by atomic mass is 10.1. The van der Waals surface area contributed by atoms with Crippen LogP contribution < -0.4 is 5.32 Å². The number of halogens is 3. The first-order valence-corrected chi connectivity index (χ1v) is 7.03. The minimum absolute atomic E-state index is 0.0488. The zero-order valence-corrected chi connectivity index (χ0v) is 12.2. The van der Waals surface area contributed by atoms with Gasteiger partial charge in [0, 0.05) is 5.69 Å². The van der Waals surface area contributed by atoms with Crippen LogP contribution in [0, 0.1) is 0 Å². The summed E-state index contributed by atoms with van der Waals surface area (Å²) in [5.41, 5.74) is -0.00922. The number of nitrogens with zero attached hydrogens (tertiary/aromatic N) is 2. The van der Waals surface area contributed by atoms with Crippen molar-refractivity contribution in [1.82, 2.24) is 15.2 Å². The molecule has 0 spiro atoms. The summed E-state index contributed by atoms with van der Waals surface area (Å²) in [6.07, 6.45) is -5.82. The molecule has 5 nitrogen and oxygen atoms in total. The summed E-state index contributed by atoms with van der Waals surface area (Å²) in [6.45, 7) is 0. The van der Waals surface area contributed by atoms with E-state index < -0.39 is 17.8 Å². The Kier molecular flexibility index (Phi) is 4.22. The molecule has 3 N–H and O–H groups in total. The fourth-order valence-electron chi connectivity index (χ4n) is 2.15. The first-order chi connectivity index (χ1) is 11.4. The fraction of sp³-hybridized carbons (Fsp3) is 0.125. The summed E-state index contributed by atoms with van der Waals surface area (Å²) in [4.78, 5) is 4.06. The molecule has 1 atom stereocenters. The molecular weight excluding hydrogens is 321 g/mol. The van der Waals surface area contributed by atoms with Gasteiger partial charge in [-0.3, -0.25) is 5.10 Å². The molecule has 0 radical (unpaired) electrons. The molecule has 0 saturated heterocycles. The number of hydrogen-bond donors (Lipinski definition) is 3. The maximum atomic E-state index is 12.8. The number of alkyl halides is 3. The third-order valence-corrected chi connectivity index (χ3v) is 3.32. The Morgan fingerprint density at radius 1 is 1.04 bits per heavy atom. The summed E-state index contributed by atoms with van der Waals surface area (Å²) in [5.74, 6) is 0.259. The summed E-state index contributed by atoms with van der Waals surface area (Å²) < 4.78 is 38.3. The summed E-state index contributed by atoms with van der Waals surface area (Å²) in [5, 5.41) is 19.6. The van der Waals surface area contributed by atoms with Gasteiger partial charge in [0.1, 0.15) is 6.10 Å². The number of hydrogen-bond acceptors (Lipinski definition) is 4. The largest absolute Gasteiger partial charge is 0.416 e. The first-order valence-electron chi connectivity index (χ1n) is 7.03. The van der Waals surface area contributed by atoms with E-state index in [1.54, 1.807) is 12.1 Å². The van der Waals surface area contributed by atoms with E-state index in [9.17, 15) is 18.3 Å². The molecule has 0 saturated carbocycles. The van der Waals surface area contributed by atoms with Gasteiger partial charge in [-0.15, -0.1) is 5.10 Å².